The molecule has 0 fully saturated rings. The molecule has 0 unspecified atom stereocenters. The zero-order chi connectivity index (χ0) is 17.1. The topological polar surface area (TPSA) is 50.7 Å². The number of benzene rings is 2. The number of hydrogen-bond acceptors (Lipinski definition) is 3. The van der Waals surface area contributed by atoms with Gasteiger partial charge in [-0.2, -0.15) is 0 Å². The normalized spacial score (nSPS) is 15.4. The van der Waals surface area contributed by atoms with E-state index in [9.17, 15) is 4.79 Å². The number of rotatable bonds is 4. The predicted molar refractivity (Wildman–Crippen MR) is 96.2 cm³/mol. The first-order chi connectivity index (χ1) is 11.6. The molecule has 1 N–H and O–H groups in total. The van der Waals surface area contributed by atoms with Gasteiger partial charge in [0.05, 0.1) is 7.11 Å². The van der Waals surface area contributed by atoms with Crippen LogP contribution in [0.25, 0.3) is 6.08 Å². The van der Waals surface area contributed by atoms with E-state index in [-0.39, 0.29) is 5.91 Å². The SMILES string of the molecule is CCc1cc(/C=C2/N=C(c3ccc(C)cc3)NC2=O)ccc1OC. The van der Waals surface area contributed by atoms with Crippen LogP contribution < -0.4 is 10.1 Å². The molecule has 3 rings (SSSR count). The van der Waals surface area contributed by atoms with E-state index in [1.807, 2.05) is 49.4 Å². The third kappa shape index (κ3) is 3.23. The van der Waals surface area contributed by atoms with Gasteiger partial charge in [0.25, 0.3) is 5.91 Å². The quantitative estimate of drug-likeness (QED) is 0.877. The molecule has 24 heavy (non-hydrogen) atoms. The van der Waals surface area contributed by atoms with Crippen molar-refractivity contribution in [2.75, 3.05) is 7.11 Å². The molecule has 0 aromatic heterocycles. The largest absolute Gasteiger partial charge is 0.496 e. The molecule has 1 aliphatic rings. The Labute approximate surface area is 141 Å². The number of hydrogen-bond donors (Lipinski definition) is 1. The van der Waals surface area contributed by atoms with E-state index in [4.69, 9.17) is 4.74 Å². The minimum absolute atomic E-state index is 0.181. The summed E-state index contributed by atoms with van der Waals surface area (Å²) in [5, 5.41) is 2.83. The number of nitrogens with zero attached hydrogens (tertiary/aromatic N) is 1. The van der Waals surface area contributed by atoms with E-state index < -0.39 is 0 Å². The van der Waals surface area contributed by atoms with Crippen LogP contribution in [0.4, 0.5) is 0 Å². The van der Waals surface area contributed by atoms with Gasteiger partial charge in [0, 0.05) is 5.56 Å². The van der Waals surface area contributed by atoms with Gasteiger partial charge in [0.15, 0.2) is 0 Å². The summed E-state index contributed by atoms with van der Waals surface area (Å²) < 4.78 is 5.34. The second-order valence-electron chi connectivity index (χ2n) is 5.73. The van der Waals surface area contributed by atoms with Crippen molar-refractivity contribution in [1.29, 1.82) is 0 Å². The van der Waals surface area contributed by atoms with Gasteiger partial charge >= 0.3 is 0 Å². The fourth-order valence-electron chi connectivity index (χ4n) is 2.64. The van der Waals surface area contributed by atoms with Crippen LogP contribution in [0.15, 0.2) is 53.2 Å². The fraction of sp³-hybridized carbons (Fsp3) is 0.200. The Morgan fingerprint density at radius 1 is 1.17 bits per heavy atom. The van der Waals surface area contributed by atoms with Gasteiger partial charge in [0.1, 0.15) is 17.3 Å². The van der Waals surface area contributed by atoms with Crippen LogP contribution in [0, 0.1) is 6.92 Å². The molecule has 0 spiro atoms. The van der Waals surface area contributed by atoms with Gasteiger partial charge in [-0.1, -0.05) is 42.8 Å². The van der Waals surface area contributed by atoms with Crippen molar-refractivity contribution in [3.63, 3.8) is 0 Å². The average Bonchev–Trinajstić information content (AvgIpc) is 2.96. The minimum atomic E-state index is -0.181. The molecule has 4 nitrogen and oxygen atoms in total. The average molecular weight is 320 g/mol. The highest BCUT2D eigenvalue weighted by atomic mass is 16.5. The number of nitrogens with one attached hydrogen (secondary N) is 1. The third-order valence-electron chi connectivity index (χ3n) is 4.01. The van der Waals surface area contributed by atoms with E-state index >= 15 is 0 Å². The molecule has 0 saturated carbocycles. The lowest BCUT2D eigenvalue weighted by Gasteiger charge is -2.07. The van der Waals surface area contributed by atoms with E-state index in [1.165, 1.54) is 5.56 Å². The minimum Gasteiger partial charge on any atom is -0.496 e. The van der Waals surface area contributed by atoms with E-state index in [1.54, 1.807) is 13.2 Å². The van der Waals surface area contributed by atoms with Crippen LogP contribution in [-0.4, -0.2) is 18.9 Å². The first-order valence-corrected chi connectivity index (χ1v) is 7.96. The van der Waals surface area contributed by atoms with Gasteiger partial charge in [-0.25, -0.2) is 4.99 Å². The molecule has 2 aromatic rings. The Kier molecular flexibility index (Phi) is 4.47. The maximum absolute atomic E-state index is 12.2. The van der Waals surface area contributed by atoms with Crippen LogP contribution in [-0.2, 0) is 11.2 Å². The maximum atomic E-state index is 12.2. The summed E-state index contributed by atoms with van der Waals surface area (Å²) in [7, 11) is 1.66. The number of aliphatic imine (C=N–C) groups is 1. The standard InChI is InChI=1S/C20H20N2O2/c1-4-15-11-14(7-10-18(15)24-3)12-17-20(23)22-19(21-17)16-8-5-13(2)6-9-16/h5-12H,4H2,1-3H3,(H,21,22,23)/b17-12+. The molecular formula is C20H20N2O2. The van der Waals surface area contributed by atoms with Crippen LogP contribution in [0.1, 0.15) is 29.2 Å². The molecule has 0 radical (unpaired) electrons. The van der Waals surface area contributed by atoms with E-state index in [2.05, 4.69) is 17.2 Å². The van der Waals surface area contributed by atoms with E-state index in [0.29, 0.717) is 11.5 Å². The Hall–Kier alpha value is -2.88. The van der Waals surface area contributed by atoms with Gasteiger partial charge in [-0.05, 0) is 42.7 Å². The van der Waals surface area contributed by atoms with Crippen LogP contribution >= 0.6 is 0 Å². The van der Waals surface area contributed by atoms with Gasteiger partial charge in [-0.15, -0.1) is 0 Å². The second kappa shape index (κ2) is 6.71. The Bertz CT molecular complexity index is 833. The predicted octanol–water partition coefficient (Wildman–Crippen LogP) is 3.48. The molecule has 1 aliphatic heterocycles. The highest BCUT2D eigenvalue weighted by molar-refractivity contribution is 6.19. The number of amidine groups is 1. The zero-order valence-corrected chi connectivity index (χ0v) is 14.1. The number of aryl methyl sites for hydroxylation is 2. The molecule has 0 aliphatic carbocycles. The maximum Gasteiger partial charge on any atom is 0.275 e. The summed E-state index contributed by atoms with van der Waals surface area (Å²) in [4.78, 5) is 16.6. The molecular weight excluding hydrogens is 300 g/mol. The molecule has 2 aromatic carbocycles. The summed E-state index contributed by atoms with van der Waals surface area (Å²) in [5.41, 5.74) is 4.53. The van der Waals surface area contributed by atoms with Gasteiger partial charge < -0.3 is 10.1 Å². The summed E-state index contributed by atoms with van der Waals surface area (Å²) in [6.07, 6.45) is 2.67. The summed E-state index contributed by atoms with van der Waals surface area (Å²) in [6, 6.07) is 13.8. The van der Waals surface area contributed by atoms with Crippen molar-refractivity contribution in [3.8, 4) is 5.75 Å². The first-order valence-electron chi connectivity index (χ1n) is 7.96. The lowest BCUT2D eigenvalue weighted by molar-refractivity contribution is -0.115. The van der Waals surface area contributed by atoms with Gasteiger partial charge in [0.2, 0.25) is 0 Å². The molecule has 4 heteroatoms. The Balaban J connectivity index is 1.92. The highest BCUT2D eigenvalue weighted by Crippen LogP contribution is 2.23. The number of methoxy groups -OCH3 is 1. The van der Waals surface area contributed by atoms with Crippen molar-refractivity contribution in [2.45, 2.75) is 20.3 Å². The summed E-state index contributed by atoms with van der Waals surface area (Å²) in [5.74, 6) is 1.27. The van der Waals surface area contributed by atoms with Gasteiger partial charge in [-0.3, -0.25) is 4.79 Å². The van der Waals surface area contributed by atoms with Crippen LogP contribution in [0.3, 0.4) is 0 Å². The molecule has 1 amide bonds. The lowest BCUT2D eigenvalue weighted by atomic mass is 10.1. The lowest BCUT2D eigenvalue weighted by Crippen LogP contribution is -2.24. The molecule has 122 valence electrons. The summed E-state index contributed by atoms with van der Waals surface area (Å²) in [6.45, 7) is 4.10. The first kappa shape index (κ1) is 16.0. The molecule has 1 heterocycles. The number of carbonyl (C=O) groups is 1. The smallest absolute Gasteiger partial charge is 0.275 e. The van der Waals surface area contributed by atoms with Crippen LogP contribution in [0.5, 0.6) is 5.75 Å². The number of amides is 1. The summed E-state index contributed by atoms with van der Waals surface area (Å²) >= 11 is 0. The number of carbonyl (C=O) groups excluding carboxylic acids is 1. The van der Waals surface area contributed by atoms with Crippen LogP contribution in [0.2, 0.25) is 0 Å². The second-order valence-corrected chi connectivity index (χ2v) is 5.73. The van der Waals surface area contributed by atoms with E-state index in [0.717, 1.165) is 28.9 Å². The van der Waals surface area contributed by atoms with Crippen molar-refractivity contribution in [2.24, 2.45) is 4.99 Å². The van der Waals surface area contributed by atoms with Crippen molar-refractivity contribution < 1.29 is 9.53 Å². The highest BCUT2D eigenvalue weighted by Gasteiger charge is 2.21. The molecule has 0 saturated heterocycles. The Morgan fingerprint density at radius 2 is 1.92 bits per heavy atom. The molecule has 0 atom stereocenters. The monoisotopic (exact) mass is 320 g/mol. The van der Waals surface area contributed by atoms with Crippen molar-refractivity contribution in [3.05, 3.63) is 70.4 Å². The fourth-order valence-corrected chi connectivity index (χ4v) is 2.64. The van der Waals surface area contributed by atoms with Crippen molar-refractivity contribution in [1.82, 2.24) is 5.32 Å². The zero-order valence-electron chi connectivity index (χ0n) is 14.1. The molecule has 0 bridgehead atoms. The Morgan fingerprint density at radius 3 is 2.58 bits per heavy atom. The number of ether oxygens (including phenoxy) is 1. The third-order valence-corrected chi connectivity index (χ3v) is 4.01. The van der Waals surface area contributed by atoms with Crippen molar-refractivity contribution >= 4 is 17.8 Å².